The molecule has 2 heteroatoms. The molecule has 0 aromatic rings. The normalized spacial score (nSPS) is 38.2. The van der Waals surface area contributed by atoms with Crippen molar-refractivity contribution < 1.29 is 4.48 Å². The van der Waals surface area contributed by atoms with Crippen molar-refractivity contribution in [3.63, 3.8) is 0 Å². The summed E-state index contributed by atoms with van der Waals surface area (Å²) < 4.78 is 1.23. The first kappa shape index (κ1) is 12.9. The molecule has 1 spiro atoms. The molecule has 2 heterocycles. The first-order chi connectivity index (χ1) is 8.00. The fraction of sp³-hybridized carbons (Fsp3) is 0.600. The second-order valence-corrected chi connectivity index (χ2v) is 6.20. The van der Waals surface area contributed by atoms with Gasteiger partial charge in [0, 0.05) is 22.9 Å². The van der Waals surface area contributed by atoms with Gasteiger partial charge in [0.15, 0.2) is 0 Å². The van der Waals surface area contributed by atoms with Gasteiger partial charge in [0.2, 0.25) is 0 Å². The van der Waals surface area contributed by atoms with E-state index in [0.29, 0.717) is 6.04 Å². The number of nitrogens with zero attached hydrogens (tertiary/aromatic N) is 1. The lowest BCUT2D eigenvalue weighted by atomic mass is 10.1. The van der Waals surface area contributed by atoms with Crippen LogP contribution in [0.4, 0.5) is 0 Å². The Bertz CT molecular complexity index is 394. The summed E-state index contributed by atoms with van der Waals surface area (Å²) in [6.45, 7) is 14.5. The van der Waals surface area contributed by atoms with Crippen LogP contribution in [0.5, 0.6) is 0 Å². The highest BCUT2D eigenvalue weighted by Crippen LogP contribution is 2.41. The van der Waals surface area contributed by atoms with E-state index in [1.807, 2.05) is 6.08 Å². The SMILES string of the molecule is C=C/C=C(/Cl)C1=C(C)C[N+]2(CCC(C)C2)C1C. The number of rotatable bonds is 2. The summed E-state index contributed by atoms with van der Waals surface area (Å²) in [6.07, 6.45) is 5.07. The molecule has 3 atom stereocenters. The molecule has 0 aromatic carbocycles. The van der Waals surface area contributed by atoms with E-state index in [9.17, 15) is 0 Å². The molecule has 0 aliphatic carbocycles. The molecule has 1 fully saturated rings. The van der Waals surface area contributed by atoms with Crippen LogP contribution in [0.1, 0.15) is 27.2 Å². The Morgan fingerprint density at radius 1 is 1.47 bits per heavy atom. The second-order valence-electron chi connectivity index (χ2n) is 5.80. The summed E-state index contributed by atoms with van der Waals surface area (Å²) in [5, 5.41) is 0.888. The average molecular weight is 253 g/mol. The van der Waals surface area contributed by atoms with Gasteiger partial charge < -0.3 is 4.48 Å². The average Bonchev–Trinajstić information content (AvgIpc) is 2.71. The van der Waals surface area contributed by atoms with Crippen molar-refractivity contribution in [2.45, 2.75) is 33.2 Å². The van der Waals surface area contributed by atoms with Gasteiger partial charge in [0.05, 0.1) is 13.1 Å². The van der Waals surface area contributed by atoms with Crippen molar-refractivity contribution in [1.82, 2.24) is 0 Å². The smallest absolute Gasteiger partial charge is 0.114 e. The van der Waals surface area contributed by atoms with Gasteiger partial charge in [-0.25, -0.2) is 0 Å². The monoisotopic (exact) mass is 252 g/mol. The Morgan fingerprint density at radius 2 is 2.18 bits per heavy atom. The van der Waals surface area contributed by atoms with Crippen LogP contribution >= 0.6 is 11.6 Å². The molecule has 1 saturated heterocycles. The van der Waals surface area contributed by atoms with Crippen molar-refractivity contribution in [2.75, 3.05) is 19.6 Å². The number of hydrogen-bond donors (Lipinski definition) is 0. The molecule has 2 aliphatic rings. The molecule has 0 radical (unpaired) electrons. The van der Waals surface area contributed by atoms with Crippen LogP contribution in [0, 0.1) is 5.92 Å². The van der Waals surface area contributed by atoms with Crippen LogP contribution in [0.25, 0.3) is 0 Å². The second kappa shape index (κ2) is 4.62. The van der Waals surface area contributed by atoms with Crippen LogP contribution < -0.4 is 0 Å². The standard InChI is InChI=1S/C15H23ClN/c1-5-6-14(16)15-12(3)10-17(13(15)4)8-7-11(2)9-17/h5-6,11,13H,1,7-10H2,2-4H3/q+1/b14-6+. The Hall–Kier alpha value is -0.530. The summed E-state index contributed by atoms with van der Waals surface area (Å²) in [6, 6.07) is 0.545. The minimum Gasteiger partial charge on any atom is -0.314 e. The van der Waals surface area contributed by atoms with Crippen molar-refractivity contribution in [2.24, 2.45) is 5.92 Å². The van der Waals surface area contributed by atoms with Crippen molar-refractivity contribution in [1.29, 1.82) is 0 Å². The van der Waals surface area contributed by atoms with E-state index < -0.39 is 0 Å². The maximum atomic E-state index is 6.40. The lowest BCUT2D eigenvalue weighted by Crippen LogP contribution is -2.50. The van der Waals surface area contributed by atoms with E-state index in [1.165, 1.54) is 41.7 Å². The predicted octanol–water partition coefficient (Wildman–Crippen LogP) is 3.87. The molecule has 2 rings (SSSR count). The van der Waals surface area contributed by atoms with Crippen molar-refractivity contribution in [3.05, 3.63) is 34.9 Å². The molecule has 2 aliphatic heterocycles. The number of quaternary nitrogens is 1. The van der Waals surface area contributed by atoms with Crippen LogP contribution in [0.3, 0.4) is 0 Å². The number of halogens is 1. The highest BCUT2D eigenvalue weighted by Gasteiger charge is 2.47. The number of allylic oxidation sites excluding steroid dienone is 2. The van der Waals surface area contributed by atoms with Crippen LogP contribution in [0.2, 0.25) is 0 Å². The van der Waals surface area contributed by atoms with Crippen molar-refractivity contribution >= 4 is 11.6 Å². The summed E-state index contributed by atoms with van der Waals surface area (Å²) >= 11 is 6.40. The summed E-state index contributed by atoms with van der Waals surface area (Å²) in [7, 11) is 0. The molecular weight excluding hydrogens is 230 g/mol. The zero-order chi connectivity index (χ0) is 12.6. The minimum absolute atomic E-state index is 0.545. The van der Waals surface area contributed by atoms with E-state index >= 15 is 0 Å². The third-order valence-corrected chi connectivity index (χ3v) is 4.84. The first-order valence-electron chi connectivity index (χ1n) is 6.54. The Balaban J connectivity index is 2.28. The highest BCUT2D eigenvalue weighted by molar-refractivity contribution is 6.32. The van der Waals surface area contributed by atoms with Crippen LogP contribution in [-0.2, 0) is 0 Å². The van der Waals surface area contributed by atoms with Gasteiger partial charge in [0.1, 0.15) is 12.6 Å². The molecule has 17 heavy (non-hydrogen) atoms. The molecule has 0 aromatic heterocycles. The molecule has 94 valence electrons. The van der Waals surface area contributed by atoms with Gasteiger partial charge in [0.25, 0.3) is 0 Å². The van der Waals surface area contributed by atoms with Gasteiger partial charge >= 0.3 is 0 Å². The topological polar surface area (TPSA) is 0 Å². The van der Waals surface area contributed by atoms with Gasteiger partial charge in [-0.3, -0.25) is 0 Å². The summed E-state index contributed by atoms with van der Waals surface area (Å²) in [5.41, 5.74) is 2.83. The third-order valence-electron chi connectivity index (χ3n) is 4.52. The van der Waals surface area contributed by atoms with Gasteiger partial charge in [-0.1, -0.05) is 31.2 Å². The third kappa shape index (κ3) is 2.11. The summed E-state index contributed by atoms with van der Waals surface area (Å²) in [5.74, 6) is 0.853. The fourth-order valence-electron chi connectivity index (χ4n) is 3.70. The molecule has 3 unspecified atom stereocenters. The Kier molecular flexibility index (Phi) is 3.51. The molecule has 0 saturated carbocycles. The maximum Gasteiger partial charge on any atom is 0.114 e. The molecule has 1 nitrogen and oxygen atoms in total. The van der Waals surface area contributed by atoms with E-state index in [1.54, 1.807) is 6.08 Å². The van der Waals surface area contributed by atoms with E-state index in [4.69, 9.17) is 11.6 Å². The van der Waals surface area contributed by atoms with E-state index in [0.717, 1.165) is 11.0 Å². The zero-order valence-corrected chi connectivity index (χ0v) is 11.9. The molecule has 0 N–H and O–H groups in total. The first-order valence-corrected chi connectivity index (χ1v) is 6.92. The van der Waals surface area contributed by atoms with Gasteiger partial charge in [-0.05, 0) is 25.5 Å². The molecule has 0 amide bonds. The largest absolute Gasteiger partial charge is 0.314 e. The predicted molar refractivity (Wildman–Crippen MR) is 74.9 cm³/mol. The Labute approximate surface area is 110 Å². The highest BCUT2D eigenvalue weighted by atomic mass is 35.5. The zero-order valence-electron chi connectivity index (χ0n) is 11.2. The van der Waals surface area contributed by atoms with Crippen LogP contribution in [0.15, 0.2) is 34.9 Å². The Morgan fingerprint density at radius 3 is 2.71 bits per heavy atom. The maximum absolute atomic E-state index is 6.40. The van der Waals surface area contributed by atoms with Gasteiger partial charge in [-0.15, -0.1) is 0 Å². The fourth-order valence-corrected chi connectivity index (χ4v) is 4.11. The number of hydrogen-bond acceptors (Lipinski definition) is 0. The molecule has 0 bridgehead atoms. The lowest BCUT2D eigenvalue weighted by molar-refractivity contribution is -0.924. The van der Waals surface area contributed by atoms with E-state index in [-0.39, 0.29) is 0 Å². The van der Waals surface area contributed by atoms with E-state index in [2.05, 4.69) is 27.4 Å². The quantitative estimate of drug-likeness (QED) is 0.517. The van der Waals surface area contributed by atoms with Gasteiger partial charge in [-0.2, -0.15) is 0 Å². The van der Waals surface area contributed by atoms with Crippen molar-refractivity contribution in [3.8, 4) is 0 Å². The summed E-state index contributed by atoms with van der Waals surface area (Å²) in [4.78, 5) is 0. The van der Waals surface area contributed by atoms with Crippen LogP contribution in [-0.4, -0.2) is 30.2 Å². The minimum atomic E-state index is 0.545. The lowest BCUT2D eigenvalue weighted by Gasteiger charge is -2.36. The molecular formula is C15H23ClN+.